The first-order valence-electron chi connectivity index (χ1n) is 5.22. The lowest BCUT2D eigenvalue weighted by Crippen LogP contribution is -2.22. The Morgan fingerprint density at radius 1 is 1.29 bits per heavy atom. The van der Waals surface area contributed by atoms with Gasteiger partial charge in [-0.3, -0.25) is 0 Å². The monoisotopic (exact) mass is 190 g/mol. The van der Waals surface area contributed by atoms with Crippen LogP contribution in [0.3, 0.4) is 0 Å². The van der Waals surface area contributed by atoms with Gasteiger partial charge in [-0.25, -0.2) is 0 Å². The highest BCUT2D eigenvalue weighted by Gasteiger charge is 2.24. The molecule has 1 atom stereocenters. The second-order valence-electron chi connectivity index (χ2n) is 4.05. The number of carbonyl (C=O) groups is 1. The molecule has 0 spiro atoms. The highest BCUT2D eigenvalue weighted by molar-refractivity contribution is 5.53. The molecule has 0 aliphatic rings. The highest BCUT2D eigenvalue weighted by Crippen LogP contribution is 2.31. The van der Waals surface area contributed by atoms with Crippen molar-refractivity contribution in [2.45, 2.75) is 38.5 Å². The maximum Gasteiger partial charge on any atom is 0.120 e. The zero-order chi connectivity index (χ0) is 10.4. The van der Waals surface area contributed by atoms with Gasteiger partial charge in [-0.1, -0.05) is 50.6 Å². The van der Waals surface area contributed by atoms with Gasteiger partial charge in [0.1, 0.15) is 6.29 Å². The Kier molecular flexibility index (Phi) is 3.87. The van der Waals surface area contributed by atoms with Gasteiger partial charge in [0.25, 0.3) is 0 Å². The first-order valence-corrected chi connectivity index (χ1v) is 5.22. The van der Waals surface area contributed by atoms with Gasteiger partial charge in [0.15, 0.2) is 0 Å². The van der Waals surface area contributed by atoms with E-state index in [1.807, 2.05) is 18.2 Å². The van der Waals surface area contributed by atoms with E-state index in [1.165, 1.54) is 5.56 Å². The SMILES string of the molecule is CCCC(C)(CC=O)c1ccccc1. The zero-order valence-corrected chi connectivity index (χ0v) is 8.99. The fourth-order valence-electron chi connectivity index (χ4n) is 1.94. The average Bonchev–Trinajstić information content (AvgIpc) is 2.20. The van der Waals surface area contributed by atoms with E-state index < -0.39 is 0 Å². The lowest BCUT2D eigenvalue weighted by molar-refractivity contribution is -0.108. The van der Waals surface area contributed by atoms with Crippen molar-refractivity contribution in [1.82, 2.24) is 0 Å². The molecule has 1 nitrogen and oxygen atoms in total. The van der Waals surface area contributed by atoms with Crippen molar-refractivity contribution in [2.24, 2.45) is 0 Å². The molecule has 76 valence electrons. The first-order chi connectivity index (χ1) is 6.73. The highest BCUT2D eigenvalue weighted by atomic mass is 16.1. The molecule has 0 saturated heterocycles. The smallest absolute Gasteiger partial charge is 0.120 e. The van der Waals surface area contributed by atoms with Crippen LogP contribution in [0.1, 0.15) is 38.7 Å². The van der Waals surface area contributed by atoms with Gasteiger partial charge in [-0.15, -0.1) is 0 Å². The molecule has 14 heavy (non-hydrogen) atoms. The lowest BCUT2D eigenvalue weighted by Gasteiger charge is -2.27. The predicted molar refractivity (Wildman–Crippen MR) is 59.4 cm³/mol. The quantitative estimate of drug-likeness (QED) is 0.651. The average molecular weight is 190 g/mol. The zero-order valence-electron chi connectivity index (χ0n) is 8.99. The van der Waals surface area contributed by atoms with Crippen molar-refractivity contribution in [3.8, 4) is 0 Å². The Bertz CT molecular complexity index is 279. The van der Waals surface area contributed by atoms with Crippen molar-refractivity contribution in [3.63, 3.8) is 0 Å². The van der Waals surface area contributed by atoms with E-state index >= 15 is 0 Å². The summed E-state index contributed by atoms with van der Waals surface area (Å²) in [5, 5.41) is 0. The summed E-state index contributed by atoms with van der Waals surface area (Å²) in [7, 11) is 0. The number of hydrogen-bond donors (Lipinski definition) is 0. The fourth-order valence-corrected chi connectivity index (χ4v) is 1.94. The van der Waals surface area contributed by atoms with E-state index in [0.29, 0.717) is 6.42 Å². The van der Waals surface area contributed by atoms with Crippen LogP contribution >= 0.6 is 0 Å². The van der Waals surface area contributed by atoms with Crippen LogP contribution in [0.4, 0.5) is 0 Å². The molecule has 0 N–H and O–H groups in total. The molecule has 1 aromatic carbocycles. The molecular formula is C13H18O. The molecule has 1 aromatic rings. The summed E-state index contributed by atoms with van der Waals surface area (Å²) >= 11 is 0. The normalized spacial score (nSPS) is 14.7. The van der Waals surface area contributed by atoms with Crippen LogP contribution in [0.25, 0.3) is 0 Å². The third-order valence-corrected chi connectivity index (χ3v) is 2.81. The fraction of sp³-hybridized carbons (Fsp3) is 0.462. The van der Waals surface area contributed by atoms with Gasteiger partial charge in [0, 0.05) is 6.42 Å². The van der Waals surface area contributed by atoms with Crippen molar-refractivity contribution in [2.75, 3.05) is 0 Å². The van der Waals surface area contributed by atoms with Crippen LogP contribution in [0.5, 0.6) is 0 Å². The molecule has 0 heterocycles. The maximum absolute atomic E-state index is 10.7. The van der Waals surface area contributed by atoms with Crippen LogP contribution in [0.15, 0.2) is 30.3 Å². The second kappa shape index (κ2) is 4.94. The van der Waals surface area contributed by atoms with E-state index in [4.69, 9.17) is 0 Å². The second-order valence-corrected chi connectivity index (χ2v) is 4.05. The van der Waals surface area contributed by atoms with E-state index in [-0.39, 0.29) is 5.41 Å². The Morgan fingerprint density at radius 3 is 2.43 bits per heavy atom. The molecule has 1 rings (SSSR count). The molecule has 0 saturated carbocycles. The van der Waals surface area contributed by atoms with E-state index in [0.717, 1.165) is 19.1 Å². The number of carbonyl (C=O) groups excluding carboxylic acids is 1. The van der Waals surface area contributed by atoms with Crippen LogP contribution in [0.2, 0.25) is 0 Å². The standard InChI is InChI=1S/C13H18O/c1-3-9-13(2,10-11-14)12-7-5-4-6-8-12/h4-8,11H,3,9-10H2,1-2H3. The minimum absolute atomic E-state index is 0.0256. The van der Waals surface area contributed by atoms with E-state index in [1.54, 1.807) is 0 Å². The summed E-state index contributed by atoms with van der Waals surface area (Å²) in [5.74, 6) is 0. The molecule has 0 aromatic heterocycles. The molecule has 0 aliphatic carbocycles. The number of benzene rings is 1. The van der Waals surface area contributed by atoms with Gasteiger partial charge in [0.05, 0.1) is 0 Å². The summed E-state index contributed by atoms with van der Waals surface area (Å²) in [5.41, 5.74) is 1.30. The van der Waals surface area contributed by atoms with Crippen LogP contribution in [0, 0.1) is 0 Å². The van der Waals surface area contributed by atoms with Crippen molar-refractivity contribution >= 4 is 6.29 Å². The summed E-state index contributed by atoms with van der Waals surface area (Å²) in [6, 6.07) is 10.3. The Balaban J connectivity index is 2.92. The van der Waals surface area contributed by atoms with Crippen molar-refractivity contribution < 1.29 is 4.79 Å². The molecule has 0 amide bonds. The Hall–Kier alpha value is -1.11. The van der Waals surface area contributed by atoms with Crippen LogP contribution in [-0.4, -0.2) is 6.29 Å². The minimum atomic E-state index is 0.0256. The van der Waals surface area contributed by atoms with Crippen molar-refractivity contribution in [1.29, 1.82) is 0 Å². The lowest BCUT2D eigenvalue weighted by atomic mass is 9.76. The third-order valence-electron chi connectivity index (χ3n) is 2.81. The van der Waals surface area contributed by atoms with Gasteiger partial charge in [0.2, 0.25) is 0 Å². The van der Waals surface area contributed by atoms with E-state index in [9.17, 15) is 4.79 Å². The Labute approximate surface area is 86.1 Å². The van der Waals surface area contributed by atoms with E-state index in [2.05, 4.69) is 26.0 Å². The molecular weight excluding hydrogens is 172 g/mol. The summed E-state index contributed by atoms with van der Waals surface area (Å²) < 4.78 is 0. The predicted octanol–water partition coefficient (Wildman–Crippen LogP) is 3.33. The molecule has 0 radical (unpaired) electrons. The van der Waals surface area contributed by atoms with Crippen LogP contribution < -0.4 is 0 Å². The summed E-state index contributed by atoms with van der Waals surface area (Å²) in [6.45, 7) is 4.33. The molecule has 0 bridgehead atoms. The maximum atomic E-state index is 10.7. The van der Waals surface area contributed by atoms with Crippen LogP contribution in [-0.2, 0) is 10.2 Å². The van der Waals surface area contributed by atoms with Gasteiger partial charge in [-0.05, 0) is 17.4 Å². The topological polar surface area (TPSA) is 17.1 Å². The van der Waals surface area contributed by atoms with Gasteiger partial charge < -0.3 is 4.79 Å². The molecule has 0 aliphatic heterocycles. The van der Waals surface area contributed by atoms with Crippen molar-refractivity contribution in [3.05, 3.63) is 35.9 Å². The number of rotatable bonds is 5. The molecule has 1 heteroatoms. The Morgan fingerprint density at radius 2 is 1.93 bits per heavy atom. The summed E-state index contributed by atoms with van der Waals surface area (Å²) in [6.07, 6.45) is 3.82. The minimum Gasteiger partial charge on any atom is -0.303 e. The molecule has 0 fully saturated rings. The number of hydrogen-bond acceptors (Lipinski definition) is 1. The van der Waals surface area contributed by atoms with Gasteiger partial charge >= 0.3 is 0 Å². The van der Waals surface area contributed by atoms with Gasteiger partial charge in [-0.2, -0.15) is 0 Å². The summed E-state index contributed by atoms with van der Waals surface area (Å²) in [4.78, 5) is 10.7. The molecule has 1 unspecified atom stereocenters. The largest absolute Gasteiger partial charge is 0.303 e. The first kappa shape index (κ1) is 11.0. The third kappa shape index (κ3) is 2.44. The number of aldehydes is 1.